The summed E-state index contributed by atoms with van der Waals surface area (Å²) < 4.78 is 4.93. The molecule has 0 aromatic carbocycles. The van der Waals surface area contributed by atoms with Crippen molar-refractivity contribution in [2.24, 2.45) is 0 Å². The van der Waals surface area contributed by atoms with Crippen LogP contribution in [-0.4, -0.2) is 17.6 Å². The standard InChI is InChI=1S/C12H10ClNO2S/c1-2-16-12(15)10-5-4-9(17-10)8-3-6-11(13)14-7-8/h3-7H,2H2,1H3. The van der Waals surface area contributed by atoms with Gasteiger partial charge in [0.2, 0.25) is 0 Å². The second kappa shape index (κ2) is 5.29. The van der Waals surface area contributed by atoms with Crippen LogP contribution < -0.4 is 0 Å². The maximum absolute atomic E-state index is 11.5. The highest BCUT2D eigenvalue weighted by molar-refractivity contribution is 7.17. The van der Waals surface area contributed by atoms with Crippen molar-refractivity contribution in [3.63, 3.8) is 0 Å². The first-order valence-electron chi connectivity index (χ1n) is 5.09. The molecule has 2 rings (SSSR count). The van der Waals surface area contributed by atoms with Gasteiger partial charge < -0.3 is 4.74 Å². The van der Waals surface area contributed by atoms with Crippen LogP contribution in [0.25, 0.3) is 10.4 Å². The van der Waals surface area contributed by atoms with Gasteiger partial charge in [0.05, 0.1) is 6.61 Å². The number of carbonyl (C=O) groups excluding carboxylic acids is 1. The Morgan fingerprint density at radius 1 is 1.41 bits per heavy atom. The van der Waals surface area contributed by atoms with E-state index in [4.69, 9.17) is 16.3 Å². The fourth-order valence-corrected chi connectivity index (χ4v) is 2.33. The SMILES string of the molecule is CCOC(=O)c1ccc(-c2ccc(Cl)nc2)s1. The van der Waals surface area contributed by atoms with E-state index in [0.29, 0.717) is 16.6 Å². The van der Waals surface area contributed by atoms with Gasteiger partial charge in [0.1, 0.15) is 10.0 Å². The number of esters is 1. The Hall–Kier alpha value is -1.39. The predicted octanol–water partition coefficient (Wildman–Crippen LogP) is 3.64. The Kier molecular flexibility index (Phi) is 3.76. The monoisotopic (exact) mass is 267 g/mol. The van der Waals surface area contributed by atoms with Gasteiger partial charge >= 0.3 is 5.97 Å². The average Bonchev–Trinajstić information content (AvgIpc) is 2.80. The molecule has 0 atom stereocenters. The molecule has 0 saturated heterocycles. The summed E-state index contributed by atoms with van der Waals surface area (Å²) >= 11 is 7.10. The number of nitrogens with zero attached hydrogens (tertiary/aromatic N) is 1. The number of hydrogen-bond acceptors (Lipinski definition) is 4. The second-order valence-electron chi connectivity index (χ2n) is 3.25. The molecule has 0 saturated carbocycles. The molecule has 5 heteroatoms. The third kappa shape index (κ3) is 2.84. The first kappa shape index (κ1) is 12.1. The molecule has 0 fully saturated rings. The molecule has 0 unspecified atom stereocenters. The van der Waals surface area contributed by atoms with Crippen molar-refractivity contribution >= 4 is 28.9 Å². The number of rotatable bonds is 3. The van der Waals surface area contributed by atoms with Gasteiger partial charge in [-0.2, -0.15) is 0 Å². The molecule has 2 heterocycles. The van der Waals surface area contributed by atoms with Crippen molar-refractivity contribution in [1.82, 2.24) is 4.98 Å². The average molecular weight is 268 g/mol. The first-order valence-corrected chi connectivity index (χ1v) is 6.29. The first-order chi connectivity index (χ1) is 8.20. The lowest BCUT2D eigenvalue weighted by Gasteiger charge is -1.97. The van der Waals surface area contributed by atoms with Gasteiger partial charge in [-0.1, -0.05) is 11.6 Å². The lowest BCUT2D eigenvalue weighted by atomic mass is 10.2. The highest BCUT2D eigenvalue weighted by Crippen LogP contribution is 2.28. The number of thiophene rings is 1. The number of halogens is 1. The minimum atomic E-state index is -0.286. The number of pyridine rings is 1. The maximum Gasteiger partial charge on any atom is 0.348 e. The second-order valence-corrected chi connectivity index (χ2v) is 4.72. The van der Waals surface area contributed by atoms with E-state index in [1.165, 1.54) is 11.3 Å². The van der Waals surface area contributed by atoms with E-state index in [1.54, 1.807) is 25.3 Å². The van der Waals surface area contributed by atoms with Crippen LogP contribution in [0.5, 0.6) is 0 Å². The summed E-state index contributed by atoms with van der Waals surface area (Å²) in [5.41, 5.74) is 0.940. The minimum Gasteiger partial charge on any atom is -0.462 e. The molecule has 17 heavy (non-hydrogen) atoms. The normalized spacial score (nSPS) is 10.2. The summed E-state index contributed by atoms with van der Waals surface area (Å²) in [6.07, 6.45) is 1.68. The molecule has 88 valence electrons. The van der Waals surface area contributed by atoms with Crippen molar-refractivity contribution < 1.29 is 9.53 Å². The van der Waals surface area contributed by atoms with Crippen LogP contribution in [-0.2, 0) is 4.74 Å². The topological polar surface area (TPSA) is 39.2 Å². The number of aromatic nitrogens is 1. The molecular formula is C12H10ClNO2S. The number of ether oxygens (including phenoxy) is 1. The van der Waals surface area contributed by atoms with Crippen molar-refractivity contribution in [3.8, 4) is 10.4 Å². The van der Waals surface area contributed by atoms with E-state index in [9.17, 15) is 4.79 Å². The van der Waals surface area contributed by atoms with Gasteiger partial charge in [0, 0.05) is 16.6 Å². The molecule has 0 aliphatic heterocycles. The van der Waals surface area contributed by atoms with Crippen LogP contribution in [0.2, 0.25) is 5.15 Å². The van der Waals surface area contributed by atoms with E-state index >= 15 is 0 Å². The number of carbonyl (C=O) groups is 1. The highest BCUT2D eigenvalue weighted by atomic mass is 35.5. The Labute approximate surface area is 108 Å². The van der Waals surface area contributed by atoms with Crippen molar-refractivity contribution in [2.45, 2.75) is 6.92 Å². The van der Waals surface area contributed by atoms with Gasteiger partial charge in [0.25, 0.3) is 0 Å². The van der Waals surface area contributed by atoms with Crippen LogP contribution >= 0.6 is 22.9 Å². The van der Waals surface area contributed by atoms with Gasteiger partial charge in [0.15, 0.2) is 0 Å². The minimum absolute atomic E-state index is 0.286. The summed E-state index contributed by atoms with van der Waals surface area (Å²) in [6, 6.07) is 7.23. The van der Waals surface area contributed by atoms with Crippen molar-refractivity contribution in [1.29, 1.82) is 0 Å². The Balaban J connectivity index is 2.23. The smallest absolute Gasteiger partial charge is 0.348 e. The Morgan fingerprint density at radius 2 is 2.24 bits per heavy atom. The van der Waals surface area contributed by atoms with Crippen molar-refractivity contribution in [2.75, 3.05) is 6.61 Å². The Bertz CT molecular complexity index is 522. The molecule has 0 N–H and O–H groups in total. The Morgan fingerprint density at radius 3 is 2.88 bits per heavy atom. The summed E-state index contributed by atoms with van der Waals surface area (Å²) in [4.78, 5) is 17.1. The molecule has 0 aliphatic carbocycles. The van der Waals surface area contributed by atoms with Crippen LogP contribution in [0.4, 0.5) is 0 Å². The molecule has 0 spiro atoms. The lowest BCUT2D eigenvalue weighted by molar-refractivity contribution is 0.0532. The van der Waals surface area contributed by atoms with Crippen LogP contribution in [0.15, 0.2) is 30.5 Å². The summed E-state index contributed by atoms with van der Waals surface area (Å²) in [7, 11) is 0. The molecule has 2 aromatic rings. The van der Waals surface area contributed by atoms with Gasteiger partial charge in [-0.05, 0) is 31.2 Å². The lowest BCUT2D eigenvalue weighted by Crippen LogP contribution is -2.01. The zero-order valence-electron chi connectivity index (χ0n) is 9.14. The van der Waals surface area contributed by atoms with E-state index in [-0.39, 0.29) is 5.97 Å². The third-order valence-corrected chi connectivity index (χ3v) is 3.43. The third-order valence-electron chi connectivity index (χ3n) is 2.09. The molecule has 3 nitrogen and oxygen atoms in total. The quantitative estimate of drug-likeness (QED) is 0.630. The summed E-state index contributed by atoms with van der Waals surface area (Å²) in [5, 5.41) is 0.455. The van der Waals surface area contributed by atoms with E-state index in [1.807, 2.05) is 12.1 Å². The van der Waals surface area contributed by atoms with E-state index in [0.717, 1.165) is 10.4 Å². The van der Waals surface area contributed by atoms with E-state index in [2.05, 4.69) is 4.98 Å². The molecular weight excluding hydrogens is 258 g/mol. The van der Waals surface area contributed by atoms with Gasteiger partial charge in [-0.25, -0.2) is 9.78 Å². The molecule has 0 aliphatic rings. The van der Waals surface area contributed by atoms with E-state index < -0.39 is 0 Å². The van der Waals surface area contributed by atoms with Gasteiger partial charge in [-0.15, -0.1) is 11.3 Å². The number of hydrogen-bond donors (Lipinski definition) is 0. The zero-order valence-corrected chi connectivity index (χ0v) is 10.7. The maximum atomic E-state index is 11.5. The van der Waals surface area contributed by atoms with Crippen molar-refractivity contribution in [3.05, 3.63) is 40.5 Å². The molecule has 2 aromatic heterocycles. The molecule has 0 amide bonds. The van der Waals surface area contributed by atoms with Crippen LogP contribution in [0.3, 0.4) is 0 Å². The summed E-state index contributed by atoms with van der Waals surface area (Å²) in [5.74, 6) is -0.286. The van der Waals surface area contributed by atoms with Gasteiger partial charge in [-0.3, -0.25) is 0 Å². The largest absolute Gasteiger partial charge is 0.462 e. The molecule has 0 bridgehead atoms. The predicted molar refractivity (Wildman–Crippen MR) is 68.5 cm³/mol. The fourth-order valence-electron chi connectivity index (χ4n) is 1.33. The van der Waals surface area contributed by atoms with Crippen LogP contribution in [0, 0.1) is 0 Å². The zero-order chi connectivity index (χ0) is 12.3. The van der Waals surface area contributed by atoms with Crippen LogP contribution in [0.1, 0.15) is 16.6 Å². The fraction of sp³-hybridized carbons (Fsp3) is 0.167. The molecule has 0 radical (unpaired) electrons. The summed E-state index contributed by atoms with van der Waals surface area (Å²) in [6.45, 7) is 2.17. The highest BCUT2D eigenvalue weighted by Gasteiger charge is 2.10.